The van der Waals surface area contributed by atoms with E-state index in [9.17, 15) is 14.4 Å². The van der Waals surface area contributed by atoms with Crippen LogP contribution >= 0.6 is 0 Å². The van der Waals surface area contributed by atoms with Crippen LogP contribution in [0.1, 0.15) is 32.6 Å². The second kappa shape index (κ2) is 7.35. The number of rotatable bonds is 3. The van der Waals surface area contributed by atoms with Gasteiger partial charge in [-0.1, -0.05) is 0 Å². The maximum Gasteiger partial charge on any atom is 0.329 e. The first-order valence-corrected chi connectivity index (χ1v) is 7.09. The Bertz CT molecular complexity index is 600. The fourth-order valence-corrected chi connectivity index (χ4v) is 2.10. The molecule has 0 saturated heterocycles. The van der Waals surface area contributed by atoms with Gasteiger partial charge < -0.3 is 10.6 Å². The highest BCUT2D eigenvalue weighted by molar-refractivity contribution is 6.39. The van der Waals surface area contributed by atoms with E-state index in [1.807, 2.05) is 0 Å². The van der Waals surface area contributed by atoms with Crippen LogP contribution in [0.15, 0.2) is 29.4 Å². The van der Waals surface area contributed by atoms with Crippen LogP contribution < -0.4 is 16.1 Å². The molecule has 1 aliphatic carbocycles. The van der Waals surface area contributed by atoms with E-state index in [0.29, 0.717) is 11.4 Å². The summed E-state index contributed by atoms with van der Waals surface area (Å²) in [7, 11) is 0. The standard InChI is InChI=1S/C15H18N4O3/c1-10(20)16-11-6-8-12(9-7-11)17-14(21)15(22)19-18-13-4-2-3-5-13/h6-9H,2-5H2,1H3,(H,16,20)(H,17,21)(H,19,22). The van der Waals surface area contributed by atoms with Crippen LogP contribution in [0, 0.1) is 0 Å². The molecule has 116 valence electrons. The third-order valence-corrected chi connectivity index (χ3v) is 3.17. The minimum Gasteiger partial charge on any atom is -0.326 e. The Hall–Kier alpha value is -2.70. The SMILES string of the molecule is CC(=O)Nc1ccc(NC(=O)C(=O)NN=C2CCCC2)cc1. The highest BCUT2D eigenvalue weighted by atomic mass is 16.2. The van der Waals surface area contributed by atoms with E-state index < -0.39 is 11.8 Å². The van der Waals surface area contributed by atoms with E-state index in [1.165, 1.54) is 6.92 Å². The largest absolute Gasteiger partial charge is 0.329 e. The third-order valence-electron chi connectivity index (χ3n) is 3.17. The van der Waals surface area contributed by atoms with Crippen LogP contribution in [0.3, 0.4) is 0 Å². The third kappa shape index (κ3) is 4.69. The fourth-order valence-electron chi connectivity index (χ4n) is 2.10. The molecule has 0 bridgehead atoms. The molecule has 1 saturated carbocycles. The second-order valence-electron chi connectivity index (χ2n) is 5.04. The molecule has 0 radical (unpaired) electrons. The molecule has 3 N–H and O–H groups in total. The van der Waals surface area contributed by atoms with Gasteiger partial charge in [-0.25, -0.2) is 5.43 Å². The van der Waals surface area contributed by atoms with Crippen LogP contribution in [0.5, 0.6) is 0 Å². The van der Waals surface area contributed by atoms with Crippen molar-refractivity contribution in [1.82, 2.24) is 5.43 Å². The summed E-state index contributed by atoms with van der Waals surface area (Å²) < 4.78 is 0. The molecule has 3 amide bonds. The predicted molar refractivity (Wildman–Crippen MR) is 83.4 cm³/mol. The molecular formula is C15H18N4O3. The first kappa shape index (κ1) is 15.7. The number of benzene rings is 1. The molecule has 0 aliphatic heterocycles. The maximum absolute atomic E-state index is 11.7. The molecule has 22 heavy (non-hydrogen) atoms. The summed E-state index contributed by atoms with van der Waals surface area (Å²) >= 11 is 0. The smallest absolute Gasteiger partial charge is 0.326 e. The summed E-state index contributed by atoms with van der Waals surface area (Å²) in [6, 6.07) is 6.46. The summed E-state index contributed by atoms with van der Waals surface area (Å²) in [5, 5.41) is 9.02. The van der Waals surface area contributed by atoms with Gasteiger partial charge >= 0.3 is 11.8 Å². The zero-order valence-electron chi connectivity index (χ0n) is 12.3. The molecular weight excluding hydrogens is 284 g/mol. The van der Waals surface area contributed by atoms with Gasteiger partial charge in [0.15, 0.2) is 0 Å². The quantitative estimate of drug-likeness (QED) is 0.584. The van der Waals surface area contributed by atoms with Crippen molar-refractivity contribution in [3.8, 4) is 0 Å². The Kier molecular flexibility index (Phi) is 5.24. The zero-order valence-corrected chi connectivity index (χ0v) is 12.3. The molecule has 1 aromatic rings. The molecule has 0 aromatic heterocycles. The monoisotopic (exact) mass is 302 g/mol. The second-order valence-corrected chi connectivity index (χ2v) is 5.04. The van der Waals surface area contributed by atoms with Crippen molar-refractivity contribution in [1.29, 1.82) is 0 Å². The van der Waals surface area contributed by atoms with Crippen molar-refractivity contribution in [2.45, 2.75) is 32.6 Å². The van der Waals surface area contributed by atoms with Crippen molar-refractivity contribution in [2.24, 2.45) is 5.10 Å². The van der Waals surface area contributed by atoms with Gasteiger partial charge in [0.2, 0.25) is 5.91 Å². The van der Waals surface area contributed by atoms with E-state index in [2.05, 4.69) is 21.2 Å². The minimum atomic E-state index is -0.801. The van der Waals surface area contributed by atoms with Crippen LogP contribution in [0.25, 0.3) is 0 Å². The van der Waals surface area contributed by atoms with Crippen LogP contribution in [-0.2, 0) is 14.4 Å². The molecule has 2 rings (SSSR count). The van der Waals surface area contributed by atoms with Crippen LogP contribution in [0.2, 0.25) is 0 Å². The lowest BCUT2D eigenvalue weighted by Crippen LogP contribution is -2.32. The highest BCUT2D eigenvalue weighted by Gasteiger charge is 2.14. The summed E-state index contributed by atoms with van der Waals surface area (Å²) in [6.07, 6.45) is 3.88. The molecule has 1 aromatic carbocycles. The number of nitrogens with zero attached hydrogens (tertiary/aromatic N) is 1. The number of nitrogens with one attached hydrogen (secondary N) is 3. The van der Waals surface area contributed by atoms with Gasteiger partial charge in [-0.05, 0) is 49.9 Å². The minimum absolute atomic E-state index is 0.179. The van der Waals surface area contributed by atoms with Crippen molar-refractivity contribution >= 4 is 34.8 Å². The Morgan fingerprint density at radius 2 is 1.45 bits per heavy atom. The van der Waals surface area contributed by atoms with Gasteiger partial charge in [0.05, 0.1) is 0 Å². The van der Waals surface area contributed by atoms with E-state index in [0.717, 1.165) is 31.4 Å². The first-order valence-electron chi connectivity index (χ1n) is 7.09. The van der Waals surface area contributed by atoms with E-state index in [4.69, 9.17) is 0 Å². The summed E-state index contributed by atoms with van der Waals surface area (Å²) in [6.45, 7) is 1.41. The van der Waals surface area contributed by atoms with Crippen molar-refractivity contribution < 1.29 is 14.4 Å². The van der Waals surface area contributed by atoms with E-state index in [-0.39, 0.29) is 5.91 Å². The number of carbonyl (C=O) groups excluding carboxylic acids is 3. The Labute approximate surface area is 128 Å². The average molecular weight is 302 g/mol. The number of hydrogen-bond acceptors (Lipinski definition) is 4. The summed E-state index contributed by atoms with van der Waals surface area (Å²) in [5.41, 5.74) is 4.25. The van der Waals surface area contributed by atoms with Gasteiger partial charge in [-0.3, -0.25) is 14.4 Å². The predicted octanol–water partition coefficient (Wildman–Crippen LogP) is 1.63. The normalized spacial score (nSPS) is 13.4. The summed E-state index contributed by atoms with van der Waals surface area (Å²) in [4.78, 5) is 34.2. The van der Waals surface area contributed by atoms with E-state index in [1.54, 1.807) is 24.3 Å². The lowest BCUT2D eigenvalue weighted by Gasteiger charge is -2.06. The average Bonchev–Trinajstić information content (AvgIpc) is 2.99. The number of carbonyl (C=O) groups is 3. The molecule has 0 unspecified atom stereocenters. The molecule has 7 nitrogen and oxygen atoms in total. The van der Waals surface area contributed by atoms with Gasteiger partial charge in [0.25, 0.3) is 0 Å². The highest BCUT2D eigenvalue weighted by Crippen LogP contribution is 2.14. The van der Waals surface area contributed by atoms with Crippen molar-refractivity contribution in [3.05, 3.63) is 24.3 Å². The Morgan fingerprint density at radius 3 is 2.00 bits per heavy atom. The van der Waals surface area contributed by atoms with Crippen molar-refractivity contribution in [2.75, 3.05) is 10.6 Å². The topological polar surface area (TPSA) is 99.7 Å². The van der Waals surface area contributed by atoms with Gasteiger partial charge in [-0.2, -0.15) is 5.10 Å². The Balaban J connectivity index is 1.86. The maximum atomic E-state index is 11.7. The van der Waals surface area contributed by atoms with E-state index >= 15 is 0 Å². The summed E-state index contributed by atoms with van der Waals surface area (Å²) in [5.74, 6) is -1.76. The lowest BCUT2D eigenvalue weighted by molar-refractivity contribution is -0.136. The molecule has 1 fully saturated rings. The number of hydrogen-bond donors (Lipinski definition) is 3. The molecule has 1 aliphatic rings. The molecule has 7 heteroatoms. The molecule has 0 atom stereocenters. The van der Waals surface area contributed by atoms with Gasteiger partial charge in [0, 0.05) is 24.0 Å². The van der Waals surface area contributed by atoms with Crippen molar-refractivity contribution in [3.63, 3.8) is 0 Å². The van der Waals surface area contributed by atoms with Gasteiger partial charge in [0.1, 0.15) is 0 Å². The number of anilines is 2. The Morgan fingerprint density at radius 1 is 0.909 bits per heavy atom. The molecule has 0 heterocycles. The van der Waals surface area contributed by atoms with Crippen LogP contribution in [0.4, 0.5) is 11.4 Å². The number of amides is 3. The lowest BCUT2D eigenvalue weighted by atomic mass is 10.2. The van der Waals surface area contributed by atoms with Gasteiger partial charge in [-0.15, -0.1) is 0 Å². The number of hydrazone groups is 1. The first-order chi connectivity index (χ1) is 10.5. The fraction of sp³-hybridized carbons (Fsp3) is 0.333. The zero-order chi connectivity index (χ0) is 15.9. The van der Waals surface area contributed by atoms with Crippen LogP contribution in [-0.4, -0.2) is 23.4 Å². The molecule has 0 spiro atoms.